The first kappa shape index (κ1) is 62.1. The quantitative estimate of drug-likeness (QED) is 0.0758. The van der Waals surface area contributed by atoms with Gasteiger partial charge in [0.15, 0.2) is 11.6 Å². The number of hydrogen-bond acceptors (Lipinski definition) is 4. The SMILES string of the molecule is C#CCC/C=C(\C)c1cc(-c2ccccc2)nc(-c2ccc(-c3cccc(-c4cccc5c4C4=C(C(c6cccc(-c7cc(-c8ccccc8)nc(-c8ccc(-c9cccc(-c%10cccc%11c%10-c%10ccccc%10C%11(c%10ccccc%10)c%10ccccc%10)c9)cc8)n7)c6)CC=C4)C5(C)C)c3)cc2)n1. The summed E-state index contributed by atoms with van der Waals surface area (Å²) >= 11 is 0. The molecule has 2 aromatic heterocycles. The molecule has 14 aromatic rings. The van der Waals surface area contributed by atoms with Crippen molar-refractivity contribution in [3.05, 3.63) is 384 Å². The molecule has 4 heteroatoms. The highest BCUT2D eigenvalue weighted by Crippen LogP contribution is 2.60. The molecule has 101 heavy (non-hydrogen) atoms. The monoisotopic (exact) mass is 1290 g/mol. The van der Waals surface area contributed by atoms with Gasteiger partial charge in [0.2, 0.25) is 0 Å². The maximum Gasteiger partial charge on any atom is 0.160 e. The zero-order valence-corrected chi connectivity index (χ0v) is 56.8. The summed E-state index contributed by atoms with van der Waals surface area (Å²) in [6, 6.07) is 115. The minimum absolute atomic E-state index is 0.147. The van der Waals surface area contributed by atoms with E-state index in [4.69, 9.17) is 26.4 Å². The van der Waals surface area contributed by atoms with Gasteiger partial charge < -0.3 is 0 Å². The van der Waals surface area contributed by atoms with E-state index in [0.29, 0.717) is 18.1 Å². The van der Waals surface area contributed by atoms with Crippen LogP contribution in [-0.2, 0) is 10.8 Å². The lowest BCUT2D eigenvalue weighted by atomic mass is 9.67. The highest BCUT2D eigenvalue weighted by molar-refractivity contribution is 5.98. The van der Waals surface area contributed by atoms with Crippen LogP contribution in [0, 0.1) is 12.3 Å². The van der Waals surface area contributed by atoms with Gasteiger partial charge in [0, 0.05) is 45.6 Å². The number of benzene rings is 12. The average Bonchev–Trinajstić information content (AvgIpc) is 1.55. The minimum atomic E-state index is -0.474. The standard InChI is InChI=1S/C97H72N4/c1-5-6-11-28-64(2)87-62-88(67-29-12-7-13-30-67)99-94(98-87)69-55-51-65(52-56-69)72-34-23-36-74(60-72)80-44-26-49-85-92(80)83-47-25-46-81(93(83)96(85,3)4)75-37-24-38-76(61-75)90-63-89(68-31-14-8-15-32-68)100-95(101-90)70-57-53-66(54-58-70)71-33-22-35-73(59-71)79-45-27-50-86-91(79)82-43-20-21-48-84(82)97(86,77-39-16-9-17-40-77)78-41-18-10-19-42-78/h1,7-10,12-45,47-63,81H,6,11,46H2,2-4H3/b64-28+. The van der Waals surface area contributed by atoms with Crippen LogP contribution in [0.25, 0.3) is 123 Å². The van der Waals surface area contributed by atoms with E-state index in [0.717, 1.165) is 91.3 Å². The molecule has 0 saturated heterocycles. The first-order valence-corrected chi connectivity index (χ1v) is 35.1. The van der Waals surface area contributed by atoms with Gasteiger partial charge in [0.1, 0.15) is 0 Å². The Bertz CT molecular complexity index is 5600. The molecule has 4 nitrogen and oxygen atoms in total. The number of aromatic nitrogens is 4. The van der Waals surface area contributed by atoms with Gasteiger partial charge in [-0.1, -0.05) is 317 Å². The lowest BCUT2D eigenvalue weighted by Gasteiger charge is -2.34. The smallest absolute Gasteiger partial charge is 0.160 e. The Hall–Kier alpha value is -12.4. The summed E-state index contributed by atoms with van der Waals surface area (Å²) < 4.78 is 0. The van der Waals surface area contributed by atoms with E-state index in [1.807, 2.05) is 18.2 Å². The summed E-state index contributed by atoms with van der Waals surface area (Å²) in [6.07, 6.45) is 14.9. The summed E-state index contributed by atoms with van der Waals surface area (Å²) in [5, 5.41) is 0. The van der Waals surface area contributed by atoms with Crippen LogP contribution in [0.15, 0.2) is 339 Å². The van der Waals surface area contributed by atoms with Crippen LogP contribution in [0.4, 0.5) is 0 Å². The molecule has 3 aliphatic carbocycles. The molecule has 0 saturated carbocycles. The molecule has 12 aromatic carbocycles. The molecular weight excluding hydrogens is 1220 g/mol. The number of fused-ring (bicyclic) bond motifs is 5. The Morgan fingerprint density at radius 2 is 0.861 bits per heavy atom. The lowest BCUT2D eigenvalue weighted by Crippen LogP contribution is -2.28. The topological polar surface area (TPSA) is 51.6 Å². The van der Waals surface area contributed by atoms with E-state index in [-0.39, 0.29) is 11.3 Å². The van der Waals surface area contributed by atoms with Crippen molar-refractivity contribution in [2.75, 3.05) is 0 Å². The molecule has 0 amide bonds. The van der Waals surface area contributed by atoms with Crippen LogP contribution in [0.5, 0.6) is 0 Å². The second-order valence-corrected chi connectivity index (χ2v) is 27.4. The van der Waals surface area contributed by atoms with Gasteiger partial charge in [-0.15, -0.1) is 12.3 Å². The number of unbranched alkanes of at least 4 members (excludes halogenated alkanes) is 1. The molecule has 17 rings (SSSR count). The Labute approximate surface area is 592 Å². The number of rotatable bonds is 15. The minimum Gasteiger partial charge on any atom is -0.228 e. The van der Waals surface area contributed by atoms with E-state index in [9.17, 15) is 0 Å². The largest absolute Gasteiger partial charge is 0.228 e. The molecule has 2 heterocycles. The van der Waals surface area contributed by atoms with E-state index in [1.54, 1.807) is 0 Å². The fraction of sp³-hybridized carbons (Fsp3) is 0.0928. The second-order valence-electron chi connectivity index (χ2n) is 27.4. The number of allylic oxidation sites excluding steroid dienone is 6. The van der Waals surface area contributed by atoms with Crippen LogP contribution in [0.3, 0.4) is 0 Å². The van der Waals surface area contributed by atoms with Gasteiger partial charge in [-0.25, -0.2) is 19.9 Å². The van der Waals surface area contributed by atoms with Gasteiger partial charge in [0.25, 0.3) is 0 Å². The van der Waals surface area contributed by atoms with Crippen LogP contribution >= 0.6 is 0 Å². The third-order valence-corrected chi connectivity index (χ3v) is 21.1. The molecule has 3 aliphatic rings. The third kappa shape index (κ3) is 11.2. The van der Waals surface area contributed by atoms with Crippen molar-refractivity contribution < 1.29 is 0 Å². The van der Waals surface area contributed by atoms with Crippen molar-refractivity contribution in [1.29, 1.82) is 0 Å². The predicted octanol–water partition coefficient (Wildman–Crippen LogP) is 24.2. The molecular formula is C97H72N4. The van der Waals surface area contributed by atoms with Crippen LogP contribution in [0.2, 0.25) is 0 Å². The molecule has 480 valence electrons. The van der Waals surface area contributed by atoms with E-state index < -0.39 is 5.41 Å². The fourth-order valence-electron chi connectivity index (χ4n) is 16.3. The third-order valence-electron chi connectivity index (χ3n) is 21.1. The summed E-state index contributed by atoms with van der Waals surface area (Å²) in [4.78, 5) is 21.0. The van der Waals surface area contributed by atoms with Gasteiger partial charge in [0.05, 0.1) is 28.2 Å². The zero-order chi connectivity index (χ0) is 68.0. The summed E-state index contributed by atoms with van der Waals surface area (Å²) in [7, 11) is 0. The van der Waals surface area contributed by atoms with Crippen LogP contribution < -0.4 is 0 Å². The summed E-state index contributed by atoms with van der Waals surface area (Å²) in [6.45, 7) is 6.95. The molecule has 1 unspecified atom stereocenters. The summed E-state index contributed by atoms with van der Waals surface area (Å²) in [5.41, 5.74) is 32.7. The maximum atomic E-state index is 5.61. The van der Waals surface area contributed by atoms with Crippen molar-refractivity contribution in [2.45, 2.75) is 56.8 Å². The van der Waals surface area contributed by atoms with Crippen molar-refractivity contribution in [1.82, 2.24) is 19.9 Å². The molecule has 0 aliphatic heterocycles. The molecule has 0 spiro atoms. The van der Waals surface area contributed by atoms with Crippen molar-refractivity contribution in [2.24, 2.45) is 0 Å². The van der Waals surface area contributed by atoms with Crippen molar-refractivity contribution in [3.63, 3.8) is 0 Å². The highest BCUT2D eigenvalue weighted by Gasteiger charge is 2.47. The summed E-state index contributed by atoms with van der Waals surface area (Å²) in [5.74, 6) is 4.28. The average molecular weight is 1290 g/mol. The van der Waals surface area contributed by atoms with Crippen molar-refractivity contribution >= 4 is 11.1 Å². The second kappa shape index (κ2) is 26.1. The van der Waals surface area contributed by atoms with Crippen molar-refractivity contribution in [3.8, 4) is 125 Å². The van der Waals surface area contributed by atoms with Gasteiger partial charge in [-0.3, -0.25) is 0 Å². The molecule has 0 N–H and O–H groups in total. The van der Waals surface area contributed by atoms with Crippen LogP contribution in [-0.4, -0.2) is 19.9 Å². The fourth-order valence-corrected chi connectivity index (χ4v) is 16.3. The molecule has 0 fully saturated rings. The number of terminal acetylenes is 1. The Kier molecular flexibility index (Phi) is 16.1. The predicted molar refractivity (Wildman–Crippen MR) is 418 cm³/mol. The molecule has 1 atom stereocenters. The van der Waals surface area contributed by atoms with Gasteiger partial charge in [-0.05, 0) is 161 Å². The highest BCUT2D eigenvalue weighted by atomic mass is 14.9. The number of nitrogens with zero attached hydrogens (tertiary/aromatic N) is 4. The Balaban J connectivity index is 0.673. The van der Waals surface area contributed by atoms with Gasteiger partial charge >= 0.3 is 0 Å². The van der Waals surface area contributed by atoms with E-state index in [1.165, 1.54) is 83.5 Å². The maximum absolute atomic E-state index is 5.61. The van der Waals surface area contributed by atoms with E-state index >= 15 is 0 Å². The first-order chi connectivity index (χ1) is 49.7. The first-order valence-electron chi connectivity index (χ1n) is 35.1. The van der Waals surface area contributed by atoms with E-state index in [2.05, 4.69) is 342 Å². The Morgan fingerprint density at radius 1 is 0.406 bits per heavy atom. The number of hydrogen-bond donors (Lipinski definition) is 0. The van der Waals surface area contributed by atoms with Gasteiger partial charge in [-0.2, -0.15) is 0 Å². The van der Waals surface area contributed by atoms with Crippen LogP contribution in [0.1, 0.15) is 90.6 Å². The molecule has 0 radical (unpaired) electrons. The lowest BCUT2D eigenvalue weighted by molar-refractivity contribution is 0.573. The molecule has 0 bridgehead atoms. The normalized spacial score (nSPS) is 14.6. The Morgan fingerprint density at radius 3 is 1.47 bits per heavy atom. The zero-order valence-electron chi connectivity index (χ0n) is 56.8.